The van der Waals surface area contributed by atoms with E-state index >= 15 is 0 Å². The summed E-state index contributed by atoms with van der Waals surface area (Å²) in [5, 5.41) is -1.88. The third-order valence-corrected chi connectivity index (χ3v) is 2.60. The van der Waals surface area contributed by atoms with Crippen LogP contribution >= 0.6 is 0 Å². The topological polar surface area (TPSA) is 114 Å². The molecule has 0 N–H and O–H groups in total. The summed E-state index contributed by atoms with van der Waals surface area (Å²) in [5.74, 6) is 0. The van der Waals surface area contributed by atoms with Crippen molar-refractivity contribution in [2.75, 3.05) is 5.08 Å². The Kier molecular flexibility index (Phi) is 5.02. The predicted octanol–water partition coefficient (Wildman–Crippen LogP) is -1.97. The van der Waals surface area contributed by atoms with Crippen LogP contribution in [-0.2, 0) is 42.6 Å². The van der Waals surface area contributed by atoms with Gasteiger partial charge in [-0.3, -0.25) is 0 Å². The average molecular weight is 282 g/mol. The van der Waals surface area contributed by atoms with Crippen molar-refractivity contribution in [2.45, 2.75) is 0 Å². The fraction of sp³-hybridized carbons (Fsp3) is 1.00. The molecule has 0 atom stereocenters. The van der Waals surface area contributed by atoms with Crippen molar-refractivity contribution in [1.29, 1.82) is 0 Å². The van der Waals surface area contributed by atoms with Crippen LogP contribution in [0.15, 0.2) is 0 Å². The molecular formula is CH2AgO6S2-2. The van der Waals surface area contributed by atoms with Gasteiger partial charge in [-0.25, -0.2) is 16.8 Å². The molecule has 0 aliphatic heterocycles. The Morgan fingerprint density at radius 1 is 0.900 bits per heavy atom. The molecule has 0 unspecified atom stereocenters. The van der Waals surface area contributed by atoms with Crippen LogP contribution in [0.5, 0.6) is 0 Å². The first-order valence-corrected chi connectivity index (χ1v) is 4.73. The molecule has 0 aromatic rings. The van der Waals surface area contributed by atoms with Gasteiger partial charge < -0.3 is 9.11 Å². The van der Waals surface area contributed by atoms with Crippen LogP contribution in [0.4, 0.5) is 0 Å². The van der Waals surface area contributed by atoms with Crippen LogP contribution in [0, 0.1) is 0 Å². The quantitative estimate of drug-likeness (QED) is 0.428. The Morgan fingerprint density at radius 3 is 1.10 bits per heavy atom. The maximum Gasteiger partial charge on any atom is 0.128 e. The van der Waals surface area contributed by atoms with E-state index in [9.17, 15) is 25.9 Å². The van der Waals surface area contributed by atoms with E-state index in [4.69, 9.17) is 0 Å². The molecule has 0 spiro atoms. The van der Waals surface area contributed by atoms with Crippen molar-refractivity contribution in [2.24, 2.45) is 0 Å². The van der Waals surface area contributed by atoms with Crippen LogP contribution in [0.2, 0.25) is 0 Å². The largest absolute Gasteiger partial charge is 0.747 e. The second kappa shape index (κ2) is 3.81. The smallest absolute Gasteiger partial charge is 0.128 e. The molecule has 0 rings (SSSR count). The zero-order valence-electron chi connectivity index (χ0n) is 4.27. The van der Waals surface area contributed by atoms with Crippen molar-refractivity contribution >= 4 is 20.2 Å². The average Bonchev–Trinajstić information content (AvgIpc) is 1.14. The Labute approximate surface area is 73.6 Å². The normalized spacial score (nSPS) is 12.2. The fourth-order valence-electron chi connectivity index (χ4n) is 0.177. The molecule has 0 aromatic carbocycles. The van der Waals surface area contributed by atoms with Gasteiger partial charge in [0.25, 0.3) is 0 Å². The van der Waals surface area contributed by atoms with E-state index in [1.165, 1.54) is 0 Å². The third-order valence-electron chi connectivity index (χ3n) is 0.289. The molecular weight excluding hydrogens is 280 g/mol. The van der Waals surface area contributed by atoms with Crippen LogP contribution in [0.1, 0.15) is 0 Å². The first-order chi connectivity index (χ1) is 3.71. The van der Waals surface area contributed by atoms with Crippen LogP contribution in [-0.4, -0.2) is 31.0 Å². The van der Waals surface area contributed by atoms with Gasteiger partial charge in [-0.15, -0.1) is 0 Å². The van der Waals surface area contributed by atoms with E-state index in [-0.39, 0.29) is 22.4 Å². The molecule has 0 fully saturated rings. The summed E-state index contributed by atoms with van der Waals surface area (Å²) >= 11 is 0. The summed E-state index contributed by atoms with van der Waals surface area (Å²) in [7, 11) is -9.86. The van der Waals surface area contributed by atoms with Gasteiger partial charge in [0.05, 0.1) is 0 Å². The standard InChI is InChI=1S/CH4O6S2.Ag/c2-8(3,4)1-9(5,6)7;/h1H2,(H,2,3,4)(H,5,6,7);/p-2. The van der Waals surface area contributed by atoms with Crippen molar-refractivity contribution in [1.82, 2.24) is 0 Å². The molecule has 0 aliphatic carbocycles. The van der Waals surface area contributed by atoms with Gasteiger partial charge in [0.15, 0.2) is 0 Å². The minimum atomic E-state index is -4.93. The van der Waals surface area contributed by atoms with Crippen molar-refractivity contribution < 1.29 is 48.3 Å². The van der Waals surface area contributed by atoms with Gasteiger partial charge >= 0.3 is 0 Å². The van der Waals surface area contributed by atoms with E-state index in [1.54, 1.807) is 0 Å². The zero-order valence-corrected chi connectivity index (χ0v) is 7.39. The summed E-state index contributed by atoms with van der Waals surface area (Å²) in [6.45, 7) is 0. The Morgan fingerprint density at radius 2 is 1.10 bits per heavy atom. The van der Waals surface area contributed by atoms with Gasteiger partial charge in [-0.05, 0) is 0 Å². The molecule has 0 aliphatic rings. The minimum Gasteiger partial charge on any atom is -0.747 e. The van der Waals surface area contributed by atoms with E-state index in [0.29, 0.717) is 0 Å². The Bertz CT molecular complexity index is 241. The van der Waals surface area contributed by atoms with E-state index in [1.807, 2.05) is 0 Å². The molecule has 6 nitrogen and oxygen atoms in total. The second-order valence-electron chi connectivity index (χ2n) is 1.23. The predicted molar refractivity (Wildman–Crippen MR) is 24.3 cm³/mol. The second-order valence-corrected chi connectivity index (χ2v) is 4.41. The SMILES string of the molecule is O=S(=O)([O-])CS(=O)(=O)[O-].[Ag]. The molecule has 10 heavy (non-hydrogen) atoms. The minimum absolute atomic E-state index is 0. The Balaban J connectivity index is 0. The maximum absolute atomic E-state index is 9.51. The zero-order chi connectivity index (χ0) is 7.71. The monoisotopic (exact) mass is 281 g/mol. The summed E-state index contributed by atoms with van der Waals surface area (Å²) in [6.07, 6.45) is 0. The van der Waals surface area contributed by atoms with Crippen molar-refractivity contribution in [3.8, 4) is 0 Å². The van der Waals surface area contributed by atoms with Crippen LogP contribution in [0.3, 0.4) is 0 Å². The first kappa shape index (κ1) is 13.2. The summed E-state index contributed by atoms with van der Waals surface area (Å²) in [5.41, 5.74) is 0. The Hall–Kier alpha value is 0.560. The number of hydrogen-bond donors (Lipinski definition) is 0. The molecule has 0 bridgehead atoms. The number of hydrogen-bond acceptors (Lipinski definition) is 6. The molecule has 1 radical (unpaired) electrons. The van der Waals surface area contributed by atoms with Gasteiger partial charge in [-0.1, -0.05) is 0 Å². The molecule has 0 amide bonds. The van der Waals surface area contributed by atoms with E-state index in [2.05, 4.69) is 0 Å². The summed E-state index contributed by atoms with van der Waals surface area (Å²) in [4.78, 5) is 0. The molecule has 67 valence electrons. The molecule has 0 heterocycles. The first-order valence-electron chi connectivity index (χ1n) is 1.58. The van der Waals surface area contributed by atoms with Crippen LogP contribution < -0.4 is 0 Å². The summed E-state index contributed by atoms with van der Waals surface area (Å²) < 4.78 is 57.1. The number of rotatable bonds is 2. The maximum atomic E-state index is 9.51. The fourth-order valence-corrected chi connectivity index (χ4v) is 1.59. The molecule has 0 saturated heterocycles. The van der Waals surface area contributed by atoms with Gasteiger partial charge in [-0.2, -0.15) is 0 Å². The molecule has 9 heteroatoms. The van der Waals surface area contributed by atoms with E-state index in [0.717, 1.165) is 0 Å². The molecule has 0 saturated carbocycles. The van der Waals surface area contributed by atoms with Gasteiger partial charge in [0.2, 0.25) is 0 Å². The summed E-state index contributed by atoms with van der Waals surface area (Å²) in [6, 6.07) is 0. The molecule has 0 aromatic heterocycles. The van der Waals surface area contributed by atoms with E-state index < -0.39 is 25.3 Å². The van der Waals surface area contributed by atoms with Crippen molar-refractivity contribution in [3.63, 3.8) is 0 Å². The van der Waals surface area contributed by atoms with Crippen molar-refractivity contribution in [3.05, 3.63) is 0 Å². The third kappa shape index (κ3) is 11.4. The van der Waals surface area contributed by atoms with Gasteiger partial charge in [0, 0.05) is 22.4 Å². The van der Waals surface area contributed by atoms with Crippen LogP contribution in [0.25, 0.3) is 0 Å². The van der Waals surface area contributed by atoms with Gasteiger partial charge in [0.1, 0.15) is 25.3 Å².